The normalized spacial score (nSPS) is 37.6. The first-order valence-electron chi connectivity index (χ1n) is 6.20. The van der Waals surface area contributed by atoms with Gasteiger partial charge in [0.1, 0.15) is 0 Å². The van der Waals surface area contributed by atoms with Gasteiger partial charge in [0.25, 0.3) is 0 Å². The molecule has 2 nitrogen and oxygen atoms in total. The maximum absolute atomic E-state index is 10.1. The molecule has 1 aliphatic carbocycles. The van der Waals surface area contributed by atoms with E-state index in [1.807, 2.05) is 0 Å². The van der Waals surface area contributed by atoms with Crippen LogP contribution in [0.4, 0.5) is 0 Å². The highest BCUT2D eigenvalue weighted by atomic mass is 16.5. The molecule has 0 aromatic carbocycles. The van der Waals surface area contributed by atoms with E-state index < -0.39 is 0 Å². The molecule has 0 amide bonds. The maximum Gasteiger partial charge on any atom is 0.0682 e. The molecule has 2 heteroatoms. The van der Waals surface area contributed by atoms with Gasteiger partial charge in [0.05, 0.1) is 17.8 Å². The van der Waals surface area contributed by atoms with Crippen LogP contribution in [-0.2, 0) is 4.74 Å². The lowest BCUT2D eigenvalue weighted by molar-refractivity contribution is -0.131. The summed E-state index contributed by atoms with van der Waals surface area (Å²) < 4.78 is 5.92. The molecule has 1 saturated carbocycles. The summed E-state index contributed by atoms with van der Waals surface area (Å²) in [7, 11) is 0. The fourth-order valence-electron chi connectivity index (χ4n) is 2.81. The van der Waals surface area contributed by atoms with Crippen molar-refractivity contribution in [3.63, 3.8) is 0 Å². The molecule has 0 bridgehead atoms. The van der Waals surface area contributed by atoms with E-state index in [1.54, 1.807) is 0 Å². The second-order valence-corrected chi connectivity index (χ2v) is 5.83. The Hall–Kier alpha value is -0.0800. The molecular formula is C13H26O2. The van der Waals surface area contributed by atoms with Crippen LogP contribution in [0.2, 0.25) is 0 Å². The first kappa shape index (κ1) is 13.0. The van der Waals surface area contributed by atoms with Gasteiger partial charge in [-0.05, 0) is 45.4 Å². The molecule has 1 fully saturated rings. The van der Waals surface area contributed by atoms with Crippen molar-refractivity contribution in [2.45, 2.75) is 71.7 Å². The second-order valence-electron chi connectivity index (χ2n) is 5.83. The zero-order valence-corrected chi connectivity index (χ0v) is 10.8. The van der Waals surface area contributed by atoms with Gasteiger partial charge < -0.3 is 9.84 Å². The van der Waals surface area contributed by atoms with Gasteiger partial charge in [0, 0.05) is 6.42 Å². The molecule has 15 heavy (non-hydrogen) atoms. The van der Waals surface area contributed by atoms with Crippen molar-refractivity contribution >= 4 is 0 Å². The lowest BCUT2D eigenvalue weighted by atomic mass is 9.73. The molecular weight excluding hydrogens is 188 g/mol. The summed E-state index contributed by atoms with van der Waals surface area (Å²) in [6.45, 7) is 10.6. The van der Waals surface area contributed by atoms with E-state index in [9.17, 15) is 5.11 Å². The van der Waals surface area contributed by atoms with E-state index in [2.05, 4.69) is 34.6 Å². The number of hydrogen-bond donors (Lipinski definition) is 1. The maximum atomic E-state index is 10.1. The zero-order valence-electron chi connectivity index (χ0n) is 10.8. The Bertz CT molecular complexity index is 201. The summed E-state index contributed by atoms with van der Waals surface area (Å²) >= 11 is 0. The molecule has 0 saturated heterocycles. The van der Waals surface area contributed by atoms with Gasteiger partial charge in [0.15, 0.2) is 0 Å². The second kappa shape index (κ2) is 4.84. The molecule has 0 aliphatic heterocycles. The van der Waals surface area contributed by atoms with Gasteiger partial charge in [-0.3, -0.25) is 0 Å². The molecule has 0 heterocycles. The van der Waals surface area contributed by atoms with Gasteiger partial charge in [-0.1, -0.05) is 13.8 Å². The quantitative estimate of drug-likeness (QED) is 0.782. The van der Waals surface area contributed by atoms with Crippen molar-refractivity contribution < 1.29 is 9.84 Å². The molecule has 0 radical (unpaired) electrons. The van der Waals surface area contributed by atoms with Crippen LogP contribution in [0.1, 0.15) is 53.9 Å². The third-order valence-electron chi connectivity index (χ3n) is 3.52. The van der Waals surface area contributed by atoms with Crippen LogP contribution in [0.3, 0.4) is 0 Å². The molecule has 1 N–H and O–H groups in total. The largest absolute Gasteiger partial charge is 0.393 e. The first-order valence-corrected chi connectivity index (χ1v) is 6.20. The van der Waals surface area contributed by atoms with Crippen molar-refractivity contribution in [2.24, 2.45) is 11.8 Å². The van der Waals surface area contributed by atoms with Crippen molar-refractivity contribution in [3.8, 4) is 0 Å². The fraction of sp³-hybridized carbons (Fsp3) is 1.00. The Morgan fingerprint density at radius 3 is 2.27 bits per heavy atom. The van der Waals surface area contributed by atoms with Crippen LogP contribution >= 0.6 is 0 Å². The van der Waals surface area contributed by atoms with Crippen LogP contribution in [0, 0.1) is 11.8 Å². The number of ether oxygens (including phenoxy) is 1. The minimum atomic E-state index is -0.192. The van der Waals surface area contributed by atoms with Crippen LogP contribution in [0.25, 0.3) is 0 Å². The van der Waals surface area contributed by atoms with E-state index in [0.717, 1.165) is 19.3 Å². The highest BCUT2D eigenvalue weighted by molar-refractivity contribution is 4.90. The molecule has 3 atom stereocenters. The molecule has 1 rings (SSSR count). The number of aliphatic hydroxyl groups excluding tert-OH is 1. The van der Waals surface area contributed by atoms with Crippen LogP contribution in [-0.4, -0.2) is 22.9 Å². The third-order valence-corrected chi connectivity index (χ3v) is 3.52. The molecule has 0 spiro atoms. The SMILES string of the molecule is CC(C)O[C@]1(C)CC[C@@H](C(C)C)[C@H](O)C1. The number of rotatable bonds is 3. The van der Waals surface area contributed by atoms with Gasteiger partial charge in [-0.25, -0.2) is 0 Å². The minimum Gasteiger partial charge on any atom is -0.393 e. The summed E-state index contributed by atoms with van der Waals surface area (Å²) in [5.41, 5.74) is -0.112. The topological polar surface area (TPSA) is 29.5 Å². The molecule has 1 aliphatic rings. The Labute approximate surface area is 94.0 Å². The van der Waals surface area contributed by atoms with E-state index in [0.29, 0.717) is 11.8 Å². The lowest BCUT2D eigenvalue weighted by Crippen LogP contribution is -2.44. The van der Waals surface area contributed by atoms with E-state index in [-0.39, 0.29) is 17.8 Å². The van der Waals surface area contributed by atoms with Crippen LogP contribution in [0.5, 0.6) is 0 Å². The van der Waals surface area contributed by atoms with Gasteiger partial charge in [-0.2, -0.15) is 0 Å². The summed E-state index contributed by atoms with van der Waals surface area (Å²) in [6, 6.07) is 0. The number of aliphatic hydroxyl groups is 1. The Morgan fingerprint density at radius 1 is 1.27 bits per heavy atom. The average molecular weight is 214 g/mol. The fourth-order valence-corrected chi connectivity index (χ4v) is 2.81. The zero-order chi connectivity index (χ0) is 11.6. The first-order chi connectivity index (χ1) is 6.84. The van der Waals surface area contributed by atoms with E-state index in [1.165, 1.54) is 0 Å². The monoisotopic (exact) mass is 214 g/mol. The van der Waals surface area contributed by atoms with Crippen LogP contribution < -0.4 is 0 Å². The van der Waals surface area contributed by atoms with E-state index >= 15 is 0 Å². The smallest absolute Gasteiger partial charge is 0.0682 e. The van der Waals surface area contributed by atoms with Gasteiger partial charge in [-0.15, -0.1) is 0 Å². The molecule has 0 aromatic heterocycles. The van der Waals surface area contributed by atoms with Crippen molar-refractivity contribution in [1.82, 2.24) is 0 Å². The average Bonchev–Trinajstić information content (AvgIpc) is 1.99. The summed E-state index contributed by atoms with van der Waals surface area (Å²) in [6.07, 6.45) is 3.00. The standard InChI is InChI=1S/C13H26O2/c1-9(2)11-6-7-13(5,8-12(11)14)15-10(3)4/h9-12,14H,6-8H2,1-5H3/t11-,12+,13+/m0/s1. The summed E-state index contributed by atoms with van der Waals surface area (Å²) in [5, 5.41) is 10.1. The third kappa shape index (κ3) is 3.46. The molecule has 0 unspecified atom stereocenters. The minimum absolute atomic E-state index is 0.112. The predicted molar refractivity (Wildman–Crippen MR) is 62.8 cm³/mol. The molecule has 90 valence electrons. The van der Waals surface area contributed by atoms with Crippen molar-refractivity contribution in [3.05, 3.63) is 0 Å². The number of hydrogen-bond acceptors (Lipinski definition) is 2. The van der Waals surface area contributed by atoms with Crippen molar-refractivity contribution in [1.29, 1.82) is 0 Å². The van der Waals surface area contributed by atoms with Gasteiger partial charge in [0.2, 0.25) is 0 Å². The Morgan fingerprint density at radius 2 is 1.87 bits per heavy atom. The molecule has 0 aromatic rings. The summed E-state index contributed by atoms with van der Waals surface area (Å²) in [5.74, 6) is 1.03. The highest BCUT2D eigenvalue weighted by Crippen LogP contribution is 2.38. The van der Waals surface area contributed by atoms with Gasteiger partial charge >= 0.3 is 0 Å². The van der Waals surface area contributed by atoms with Crippen LogP contribution in [0.15, 0.2) is 0 Å². The Kier molecular flexibility index (Phi) is 4.19. The Balaban J connectivity index is 2.56. The summed E-state index contributed by atoms with van der Waals surface area (Å²) in [4.78, 5) is 0. The highest BCUT2D eigenvalue weighted by Gasteiger charge is 2.39. The van der Waals surface area contributed by atoms with E-state index in [4.69, 9.17) is 4.74 Å². The predicted octanol–water partition coefficient (Wildman–Crippen LogP) is 2.99. The van der Waals surface area contributed by atoms with Crippen molar-refractivity contribution in [2.75, 3.05) is 0 Å². The lowest BCUT2D eigenvalue weighted by Gasteiger charge is -2.42.